The maximum absolute atomic E-state index is 11.9. The summed E-state index contributed by atoms with van der Waals surface area (Å²) in [5.74, 6) is 0.243. The van der Waals surface area contributed by atoms with E-state index in [1.54, 1.807) is 17.1 Å². The molecule has 0 radical (unpaired) electrons. The second kappa shape index (κ2) is 6.14. The number of hydrogen-bond donors (Lipinski definition) is 3. The van der Waals surface area contributed by atoms with Crippen LogP contribution in [0.1, 0.15) is 29.5 Å². The molecule has 0 bridgehead atoms. The number of nitrogens with two attached hydrogens (primary N) is 1. The minimum absolute atomic E-state index is 0.273. The zero-order valence-electron chi connectivity index (χ0n) is 10.9. The number of imidazole rings is 1. The summed E-state index contributed by atoms with van der Waals surface area (Å²) in [5, 5.41) is 9.62. The highest BCUT2D eigenvalue weighted by atomic mass is 16.2. The number of aromatic nitrogens is 4. The second-order valence-electron chi connectivity index (χ2n) is 4.27. The highest BCUT2D eigenvalue weighted by molar-refractivity contribution is 6.02. The van der Waals surface area contributed by atoms with Crippen LogP contribution in [0.4, 0.5) is 5.82 Å². The lowest BCUT2D eigenvalue weighted by Gasteiger charge is -1.98. The highest BCUT2D eigenvalue weighted by Crippen LogP contribution is 2.08. The Morgan fingerprint density at radius 2 is 2.42 bits per heavy atom. The lowest BCUT2D eigenvalue weighted by atomic mass is 10.2. The first-order chi connectivity index (χ1) is 9.22. The van der Waals surface area contributed by atoms with Crippen LogP contribution >= 0.6 is 0 Å². The Bertz CT molecular complexity index is 544. The third-order valence-corrected chi connectivity index (χ3v) is 2.65. The minimum atomic E-state index is -0.273. The number of hydrogen-bond acceptors (Lipinski definition) is 4. The summed E-state index contributed by atoms with van der Waals surface area (Å²) in [6.07, 6.45) is 5.20. The van der Waals surface area contributed by atoms with Gasteiger partial charge in [0, 0.05) is 31.0 Å². The van der Waals surface area contributed by atoms with Crippen LogP contribution < -0.4 is 11.1 Å². The molecule has 0 saturated heterocycles. The van der Waals surface area contributed by atoms with E-state index >= 15 is 0 Å². The maximum Gasteiger partial charge on any atom is 0.277 e. The molecule has 2 rings (SSSR count). The summed E-state index contributed by atoms with van der Waals surface area (Å²) < 4.78 is 1.78. The van der Waals surface area contributed by atoms with Gasteiger partial charge in [-0.15, -0.1) is 0 Å². The Kier molecular flexibility index (Phi) is 4.30. The molecule has 0 aliphatic rings. The van der Waals surface area contributed by atoms with Crippen molar-refractivity contribution in [3.8, 4) is 0 Å². The van der Waals surface area contributed by atoms with Gasteiger partial charge in [-0.3, -0.25) is 9.89 Å². The minimum Gasteiger partial charge on any atom is -0.335 e. The number of H-pyrrole nitrogens is 1. The molecule has 1 amide bonds. The van der Waals surface area contributed by atoms with Crippen LogP contribution in [-0.2, 0) is 13.0 Å². The predicted molar refractivity (Wildman–Crippen MR) is 71.8 cm³/mol. The normalized spacial score (nSPS) is 10.6. The molecule has 0 saturated carbocycles. The van der Waals surface area contributed by atoms with E-state index in [2.05, 4.69) is 27.4 Å². The molecule has 0 aliphatic heterocycles. The molecule has 2 aromatic rings. The summed E-state index contributed by atoms with van der Waals surface area (Å²) in [6, 6.07) is 1.83. The Labute approximate surface area is 111 Å². The molecule has 4 N–H and O–H groups in total. The van der Waals surface area contributed by atoms with Gasteiger partial charge >= 0.3 is 0 Å². The van der Waals surface area contributed by atoms with Crippen LogP contribution in [0.3, 0.4) is 0 Å². The van der Waals surface area contributed by atoms with Crippen LogP contribution in [0.5, 0.6) is 0 Å². The number of aryl methyl sites for hydroxylation is 1. The summed E-state index contributed by atoms with van der Waals surface area (Å²) >= 11 is 0. The first-order valence-corrected chi connectivity index (χ1v) is 6.30. The Morgan fingerprint density at radius 3 is 3.16 bits per heavy atom. The number of carbonyl (C=O) groups is 1. The Balaban J connectivity index is 1.98. The van der Waals surface area contributed by atoms with Crippen LogP contribution in [-0.4, -0.2) is 32.2 Å². The predicted octanol–water partition coefficient (Wildman–Crippen LogP) is 0.770. The quantitative estimate of drug-likeness (QED) is 0.715. The molecule has 0 aromatic carbocycles. The van der Waals surface area contributed by atoms with Gasteiger partial charge in [-0.05, 0) is 6.42 Å². The standard InChI is InChI=1S/C12H18N6O/c1-2-3-9-6-11(17-16-9)15-12(19)10-7-18(5-4-13)8-14-10/h6-8H,2-5,13H2,1H3,(H2,15,16,17,19). The van der Waals surface area contributed by atoms with Gasteiger partial charge in [0.05, 0.1) is 6.33 Å². The van der Waals surface area contributed by atoms with Gasteiger partial charge in [0.2, 0.25) is 0 Å². The first kappa shape index (κ1) is 13.3. The number of anilines is 1. The van der Waals surface area contributed by atoms with E-state index in [0.29, 0.717) is 24.6 Å². The average Bonchev–Trinajstić information content (AvgIpc) is 3.00. The second-order valence-corrected chi connectivity index (χ2v) is 4.27. The van der Waals surface area contributed by atoms with E-state index in [1.807, 2.05) is 6.07 Å². The van der Waals surface area contributed by atoms with Crippen molar-refractivity contribution in [3.63, 3.8) is 0 Å². The van der Waals surface area contributed by atoms with E-state index < -0.39 is 0 Å². The number of rotatable bonds is 6. The molecule has 0 aliphatic carbocycles. The molecule has 19 heavy (non-hydrogen) atoms. The van der Waals surface area contributed by atoms with E-state index in [1.165, 1.54) is 0 Å². The molecule has 0 fully saturated rings. The molecular formula is C12H18N6O. The van der Waals surface area contributed by atoms with Gasteiger partial charge in [0.15, 0.2) is 5.82 Å². The average molecular weight is 262 g/mol. The molecular weight excluding hydrogens is 244 g/mol. The number of carbonyl (C=O) groups excluding carboxylic acids is 1. The van der Waals surface area contributed by atoms with Crippen molar-refractivity contribution >= 4 is 11.7 Å². The topological polar surface area (TPSA) is 102 Å². The lowest BCUT2D eigenvalue weighted by molar-refractivity contribution is 0.102. The fourth-order valence-electron chi connectivity index (χ4n) is 1.75. The third kappa shape index (κ3) is 3.41. The summed E-state index contributed by atoms with van der Waals surface area (Å²) in [4.78, 5) is 16.0. The van der Waals surface area contributed by atoms with Crippen LogP contribution in [0.25, 0.3) is 0 Å². The first-order valence-electron chi connectivity index (χ1n) is 6.30. The SMILES string of the molecule is CCCc1cc(NC(=O)c2cn(CCN)cn2)n[nH]1. The molecule has 7 heteroatoms. The summed E-state index contributed by atoms with van der Waals surface area (Å²) in [6.45, 7) is 3.24. The van der Waals surface area contributed by atoms with Gasteiger partial charge in [-0.2, -0.15) is 5.10 Å². The largest absolute Gasteiger partial charge is 0.335 e. The molecule has 102 valence electrons. The zero-order valence-corrected chi connectivity index (χ0v) is 10.9. The van der Waals surface area contributed by atoms with Crippen molar-refractivity contribution in [2.24, 2.45) is 5.73 Å². The van der Waals surface area contributed by atoms with Gasteiger partial charge < -0.3 is 15.6 Å². The maximum atomic E-state index is 11.9. The van der Waals surface area contributed by atoms with Crippen molar-refractivity contribution < 1.29 is 4.79 Å². The number of nitrogens with one attached hydrogen (secondary N) is 2. The smallest absolute Gasteiger partial charge is 0.277 e. The molecule has 0 unspecified atom stereocenters. The van der Waals surface area contributed by atoms with E-state index in [4.69, 9.17) is 5.73 Å². The Hall–Kier alpha value is -2.15. The van der Waals surface area contributed by atoms with Crippen molar-refractivity contribution in [3.05, 3.63) is 30.0 Å². The fourth-order valence-corrected chi connectivity index (χ4v) is 1.75. The van der Waals surface area contributed by atoms with Crippen molar-refractivity contribution in [1.29, 1.82) is 0 Å². The number of nitrogens with zero attached hydrogens (tertiary/aromatic N) is 3. The van der Waals surface area contributed by atoms with Crippen molar-refractivity contribution in [1.82, 2.24) is 19.7 Å². The van der Waals surface area contributed by atoms with Crippen LogP contribution in [0, 0.1) is 0 Å². The number of aromatic amines is 1. The van der Waals surface area contributed by atoms with Gasteiger partial charge in [-0.1, -0.05) is 13.3 Å². The van der Waals surface area contributed by atoms with E-state index in [0.717, 1.165) is 18.5 Å². The van der Waals surface area contributed by atoms with Gasteiger partial charge in [-0.25, -0.2) is 4.98 Å². The molecule has 0 spiro atoms. The van der Waals surface area contributed by atoms with Crippen LogP contribution in [0.2, 0.25) is 0 Å². The molecule has 2 heterocycles. The summed E-state index contributed by atoms with van der Waals surface area (Å²) in [7, 11) is 0. The third-order valence-electron chi connectivity index (χ3n) is 2.65. The monoisotopic (exact) mass is 262 g/mol. The molecule has 7 nitrogen and oxygen atoms in total. The highest BCUT2D eigenvalue weighted by Gasteiger charge is 2.11. The Morgan fingerprint density at radius 1 is 1.58 bits per heavy atom. The van der Waals surface area contributed by atoms with Gasteiger partial charge in [0.25, 0.3) is 5.91 Å². The van der Waals surface area contributed by atoms with E-state index in [-0.39, 0.29) is 5.91 Å². The molecule has 2 aromatic heterocycles. The fraction of sp³-hybridized carbons (Fsp3) is 0.417. The van der Waals surface area contributed by atoms with E-state index in [9.17, 15) is 4.79 Å². The molecule has 0 atom stereocenters. The number of amides is 1. The van der Waals surface area contributed by atoms with Crippen LogP contribution in [0.15, 0.2) is 18.6 Å². The zero-order chi connectivity index (χ0) is 13.7. The van der Waals surface area contributed by atoms with Crippen molar-refractivity contribution in [2.45, 2.75) is 26.3 Å². The lowest BCUT2D eigenvalue weighted by Crippen LogP contribution is -2.13. The van der Waals surface area contributed by atoms with Gasteiger partial charge in [0.1, 0.15) is 5.69 Å². The summed E-state index contributed by atoms with van der Waals surface area (Å²) in [5.41, 5.74) is 6.80. The van der Waals surface area contributed by atoms with Crippen molar-refractivity contribution in [2.75, 3.05) is 11.9 Å².